The van der Waals surface area contributed by atoms with Crippen LogP contribution < -0.4 is 0 Å². The Hall–Kier alpha value is -2.58. The summed E-state index contributed by atoms with van der Waals surface area (Å²) in [5, 5.41) is 10.2. The predicted molar refractivity (Wildman–Crippen MR) is 134 cm³/mol. The van der Waals surface area contributed by atoms with Crippen LogP contribution in [0.1, 0.15) is 29.9 Å². The first-order valence-corrected chi connectivity index (χ1v) is 13.6. The van der Waals surface area contributed by atoms with E-state index >= 15 is 0 Å². The highest BCUT2D eigenvalue weighted by atomic mass is 32.2. The number of benzene rings is 2. The Balaban J connectivity index is 1.38. The van der Waals surface area contributed by atoms with Crippen LogP contribution in [0.4, 0.5) is 0 Å². The summed E-state index contributed by atoms with van der Waals surface area (Å²) in [4.78, 5) is 6.51. The normalized spacial score (nSPS) is 24.0. The van der Waals surface area contributed by atoms with Crippen LogP contribution in [-0.2, 0) is 15.8 Å². The van der Waals surface area contributed by atoms with Gasteiger partial charge in [-0.25, -0.2) is 12.7 Å². The number of aliphatic hydroxyl groups is 1. The first-order chi connectivity index (χ1) is 16.6. The molecule has 0 bridgehead atoms. The fourth-order valence-electron chi connectivity index (χ4n) is 5.47. The van der Waals surface area contributed by atoms with Gasteiger partial charge in [-0.15, -0.1) is 0 Å². The van der Waals surface area contributed by atoms with Gasteiger partial charge in [0.25, 0.3) is 0 Å². The van der Waals surface area contributed by atoms with Crippen molar-refractivity contribution in [3.05, 3.63) is 90.3 Å². The number of hydrogen-bond donors (Lipinski definition) is 1. The SMILES string of the molecule is O=S(=O)(Cc1ccccc1)N1CCCCN2[C@H](CO)[C@H](c3ccc(-c4cccnc4)cc3)[C@@H]2C1. The molecule has 2 aliphatic rings. The topological polar surface area (TPSA) is 73.7 Å². The fraction of sp³-hybridized carbons (Fsp3) is 0.370. The van der Waals surface area contributed by atoms with E-state index in [2.05, 4.69) is 34.1 Å². The lowest BCUT2D eigenvalue weighted by Crippen LogP contribution is -2.67. The Kier molecular flexibility index (Phi) is 6.79. The molecule has 0 unspecified atom stereocenters. The summed E-state index contributed by atoms with van der Waals surface area (Å²) in [5.74, 6) is 0.120. The summed E-state index contributed by atoms with van der Waals surface area (Å²) >= 11 is 0. The molecule has 0 radical (unpaired) electrons. The Morgan fingerprint density at radius 2 is 1.68 bits per heavy atom. The number of rotatable bonds is 6. The molecule has 3 atom stereocenters. The highest BCUT2D eigenvalue weighted by Gasteiger charge is 2.50. The number of sulfonamides is 1. The zero-order chi connectivity index (χ0) is 23.5. The zero-order valence-corrected chi connectivity index (χ0v) is 20.0. The Bertz CT molecular complexity index is 1190. The number of pyridine rings is 1. The van der Waals surface area contributed by atoms with E-state index in [1.165, 1.54) is 0 Å². The van der Waals surface area contributed by atoms with E-state index in [9.17, 15) is 13.5 Å². The molecule has 2 saturated heterocycles. The van der Waals surface area contributed by atoms with E-state index in [0.717, 1.165) is 41.6 Å². The van der Waals surface area contributed by atoms with Gasteiger partial charge in [-0.3, -0.25) is 9.88 Å². The van der Waals surface area contributed by atoms with Crippen molar-refractivity contribution in [2.45, 2.75) is 36.6 Å². The predicted octanol–water partition coefficient (Wildman–Crippen LogP) is 3.50. The van der Waals surface area contributed by atoms with Crippen LogP contribution >= 0.6 is 0 Å². The molecule has 3 heterocycles. The molecule has 5 rings (SSSR count). The third-order valence-electron chi connectivity index (χ3n) is 7.21. The Morgan fingerprint density at radius 3 is 2.38 bits per heavy atom. The van der Waals surface area contributed by atoms with Crippen molar-refractivity contribution < 1.29 is 13.5 Å². The van der Waals surface area contributed by atoms with Gasteiger partial charge in [0.15, 0.2) is 0 Å². The lowest BCUT2D eigenvalue weighted by atomic mass is 9.74. The van der Waals surface area contributed by atoms with E-state index in [4.69, 9.17) is 0 Å². The van der Waals surface area contributed by atoms with E-state index in [1.54, 1.807) is 10.5 Å². The van der Waals surface area contributed by atoms with Gasteiger partial charge in [-0.05, 0) is 47.7 Å². The monoisotopic (exact) mass is 477 g/mol. The van der Waals surface area contributed by atoms with Gasteiger partial charge >= 0.3 is 0 Å². The summed E-state index contributed by atoms with van der Waals surface area (Å²) in [6, 6.07) is 21.9. The second-order valence-corrected chi connectivity index (χ2v) is 11.2. The minimum atomic E-state index is -3.43. The van der Waals surface area contributed by atoms with Gasteiger partial charge < -0.3 is 5.11 Å². The second-order valence-electron chi connectivity index (χ2n) is 9.25. The van der Waals surface area contributed by atoms with Gasteiger partial charge in [0.2, 0.25) is 10.0 Å². The maximum atomic E-state index is 13.3. The Morgan fingerprint density at radius 1 is 0.912 bits per heavy atom. The fourth-order valence-corrected chi connectivity index (χ4v) is 7.05. The summed E-state index contributed by atoms with van der Waals surface area (Å²) in [6.45, 7) is 1.98. The summed E-state index contributed by atoms with van der Waals surface area (Å²) < 4.78 is 28.4. The van der Waals surface area contributed by atoms with Crippen LogP contribution in [0, 0.1) is 0 Å². The number of hydrogen-bond acceptors (Lipinski definition) is 5. The van der Waals surface area contributed by atoms with Gasteiger partial charge in [0.1, 0.15) is 0 Å². The van der Waals surface area contributed by atoms with Gasteiger partial charge in [-0.1, -0.05) is 60.7 Å². The van der Waals surface area contributed by atoms with E-state index in [0.29, 0.717) is 13.1 Å². The van der Waals surface area contributed by atoms with Gasteiger partial charge in [-0.2, -0.15) is 0 Å². The highest BCUT2D eigenvalue weighted by molar-refractivity contribution is 7.88. The molecular formula is C27H31N3O3S. The van der Waals surface area contributed by atoms with Crippen molar-refractivity contribution in [2.75, 3.05) is 26.2 Å². The number of fused-ring (bicyclic) bond motifs is 1. The molecule has 0 aliphatic carbocycles. The van der Waals surface area contributed by atoms with Gasteiger partial charge in [0, 0.05) is 43.5 Å². The minimum absolute atomic E-state index is 0.0195. The number of aromatic nitrogens is 1. The van der Waals surface area contributed by atoms with Crippen molar-refractivity contribution in [3.8, 4) is 11.1 Å². The molecule has 2 fully saturated rings. The van der Waals surface area contributed by atoms with Crippen LogP contribution in [0.2, 0.25) is 0 Å². The van der Waals surface area contributed by atoms with E-state index in [-0.39, 0.29) is 30.4 Å². The zero-order valence-electron chi connectivity index (χ0n) is 19.2. The van der Waals surface area contributed by atoms with Crippen LogP contribution in [0.5, 0.6) is 0 Å². The van der Waals surface area contributed by atoms with Crippen LogP contribution in [-0.4, -0.2) is 66.0 Å². The standard InChI is InChI=1S/C27H31N3O3S/c31-19-26-27(23-12-10-22(11-13-23)24-9-6-14-28-17-24)25-18-29(15-4-5-16-30(25)26)34(32,33)20-21-7-2-1-3-8-21/h1-3,6-14,17,25-27,31H,4-5,15-16,18-20H2/t25-,26+,27+/m0/s1. The molecule has 2 aliphatic heterocycles. The summed E-state index contributed by atoms with van der Waals surface area (Å²) in [7, 11) is -3.43. The molecule has 0 spiro atoms. The molecule has 7 heteroatoms. The van der Waals surface area contributed by atoms with Crippen molar-refractivity contribution in [1.82, 2.24) is 14.2 Å². The summed E-state index contributed by atoms with van der Waals surface area (Å²) in [5.41, 5.74) is 4.12. The lowest BCUT2D eigenvalue weighted by Gasteiger charge is -2.57. The van der Waals surface area contributed by atoms with E-state index in [1.807, 2.05) is 48.7 Å². The molecular weight excluding hydrogens is 446 g/mol. The average Bonchev–Trinajstić information content (AvgIpc) is 2.84. The van der Waals surface area contributed by atoms with Crippen molar-refractivity contribution in [1.29, 1.82) is 0 Å². The van der Waals surface area contributed by atoms with Crippen LogP contribution in [0.25, 0.3) is 11.1 Å². The van der Waals surface area contributed by atoms with Crippen molar-refractivity contribution >= 4 is 10.0 Å². The molecule has 34 heavy (non-hydrogen) atoms. The van der Waals surface area contributed by atoms with Crippen molar-refractivity contribution in [2.24, 2.45) is 0 Å². The van der Waals surface area contributed by atoms with Crippen molar-refractivity contribution in [3.63, 3.8) is 0 Å². The third kappa shape index (κ3) is 4.66. The molecule has 3 aromatic rings. The van der Waals surface area contributed by atoms with E-state index < -0.39 is 10.0 Å². The largest absolute Gasteiger partial charge is 0.395 e. The maximum absolute atomic E-state index is 13.3. The first-order valence-electron chi connectivity index (χ1n) is 12.0. The lowest BCUT2D eigenvalue weighted by molar-refractivity contribution is -0.0554. The summed E-state index contributed by atoms with van der Waals surface area (Å²) in [6.07, 6.45) is 5.37. The smallest absolute Gasteiger partial charge is 0.218 e. The third-order valence-corrected chi connectivity index (χ3v) is 9.02. The molecule has 0 amide bonds. The molecule has 1 aromatic heterocycles. The second kappa shape index (κ2) is 9.96. The first kappa shape index (κ1) is 23.2. The molecule has 1 N–H and O–H groups in total. The maximum Gasteiger partial charge on any atom is 0.218 e. The molecule has 6 nitrogen and oxygen atoms in total. The highest BCUT2D eigenvalue weighted by Crippen LogP contribution is 2.42. The number of nitrogens with zero attached hydrogens (tertiary/aromatic N) is 3. The molecule has 0 saturated carbocycles. The average molecular weight is 478 g/mol. The Labute approximate surface area is 201 Å². The number of aliphatic hydroxyl groups excluding tert-OH is 1. The minimum Gasteiger partial charge on any atom is -0.395 e. The van der Waals surface area contributed by atoms with Crippen LogP contribution in [0.3, 0.4) is 0 Å². The van der Waals surface area contributed by atoms with Gasteiger partial charge in [0.05, 0.1) is 12.4 Å². The quantitative estimate of drug-likeness (QED) is 0.588. The van der Waals surface area contributed by atoms with Crippen LogP contribution in [0.15, 0.2) is 79.1 Å². The molecule has 2 aromatic carbocycles. The molecule has 178 valence electrons.